The van der Waals surface area contributed by atoms with E-state index in [1.807, 2.05) is 19.3 Å². The highest BCUT2D eigenvalue weighted by Crippen LogP contribution is 2.18. The highest BCUT2D eigenvalue weighted by Gasteiger charge is 2.14. The summed E-state index contributed by atoms with van der Waals surface area (Å²) in [5.74, 6) is 1.90. The minimum Gasteiger partial charge on any atom is -0.359 e. The molecule has 0 amide bonds. The number of nitrogens with zero attached hydrogens (tertiary/aromatic N) is 3. The van der Waals surface area contributed by atoms with Gasteiger partial charge in [0.15, 0.2) is 0 Å². The molecule has 0 saturated heterocycles. The molecular formula is C13H24N4. The fourth-order valence-electron chi connectivity index (χ4n) is 1.75. The number of hydrogen-bond acceptors (Lipinski definition) is 4. The van der Waals surface area contributed by atoms with E-state index < -0.39 is 0 Å². The summed E-state index contributed by atoms with van der Waals surface area (Å²) < 4.78 is 0. The van der Waals surface area contributed by atoms with Crippen molar-refractivity contribution in [2.45, 2.75) is 27.2 Å². The maximum atomic E-state index is 4.57. The van der Waals surface area contributed by atoms with Gasteiger partial charge in [-0.1, -0.05) is 20.8 Å². The lowest BCUT2D eigenvalue weighted by Gasteiger charge is -2.27. The van der Waals surface area contributed by atoms with E-state index in [0.29, 0.717) is 0 Å². The summed E-state index contributed by atoms with van der Waals surface area (Å²) >= 11 is 0. The van der Waals surface area contributed by atoms with Gasteiger partial charge in [0.25, 0.3) is 0 Å². The van der Waals surface area contributed by atoms with Crippen molar-refractivity contribution in [2.75, 3.05) is 32.1 Å². The Balaban J connectivity index is 2.70. The van der Waals surface area contributed by atoms with E-state index in [4.69, 9.17) is 0 Å². The molecule has 0 aliphatic heterocycles. The average Bonchev–Trinajstić information content (AvgIpc) is 2.24. The summed E-state index contributed by atoms with van der Waals surface area (Å²) in [5.41, 5.74) is 0.269. The Hall–Kier alpha value is -1.16. The smallest absolute Gasteiger partial charge is 0.132 e. The molecule has 0 unspecified atom stereocenters. The van der Waals surface area contributed by atoms with Gasteiger partial charge in [0, 0.05) is 32.8 Å². The van der Waals surface area contributed by atoms with E-state index in [1.54, 1.807) is 0 Å². The Morgan fingerprint density at radius 3 is 2.65 bits per heavy atom. The van der Waals surface area contributed by atoms with Gasteiger partial charge in [-0.05, 0) is 18.5 Å². The molecule has 0 aliphatic carbocycles. The number of aromatic nitrogens is 2. The van der Waals surface area contributed by atoms with Crippen LogP contribution in [0.15, 0.2) is 12.3 Å². The normalized spacial score (nSPS) is 11.6. The summed E-state index contributed by atoms with van der Waals surface area (Å²) in [6.45, 7) is 8.58. The van der Waals surface area contributed by atoms with Crippen LogP contribution in [0.2, 0.25) is 0 Å². The summed E-state index contributed by atoms with van der Waals surface area (Å²) in [7, 11) is 4.02. The van der Waals surface area contributed by atoms with Crippen molar-refractivity contribution in [2.24, 2.45) is 5.41 Å². The second kappa shape index (κ2) is 5.96. The van der Waals surface area contributed by atoms with Gasteiger partial charge < -0.3 is 10.2 Å². The van der Waals surface area contributed by atoms with Crippen LogP contribution in [0.4, 0.5) is 5.82 Å². The standard InChI is InChI=1S/C13H24N4/c1-13(2,3)10-17(5)12-7-9-15-11(16-12)6-8-14-4/h7,9,14H,6,8,10H2,1-5H3. The average molecular weight is 236 g/mol. The van der Waals surface area contributed by atoms with Crippen molar-refractivity contribution in [1.82, 2.24) is 15.3 Å². The van der Waals surface area contributed by atoms with Gasteiger partial charge in [0.1, 0.15) is 11.6 Å². The first kappa shape index (κ1) is 13.9. The maximum Gasteiger partial charge on any atom is 0.132 e. The number of likely N-dealkylation sites (N-methyl/N-ethyl adjacent to an activating group) is 1. The summed E-state index contributed by atoms with van der Waals surface area (Å²) in [4.78, 5) is 11.0. The fourth-order valence-corrected chi connectivity index (χ4v) is 1.75. The molecule has 0 bridgehead atoms. The highest BCUT2D eigenvalue weighted by atomic mass is 15.2. The second-order valence-corrected chi connectivity index (χ2v) is 5.60. The third-order valence-corrected chi connectivity index (χ3v) is 2.39. The molecule has 0 aromatic carbocycles. The summed E-state index contributed by atoms with van der Waals surface area (Å²) in [6.07, 6.45) is 2.71. The van der Waals surface area contributed by atoms with Gasteiger partial charge in [0.05, 0.1) is 0 Å². The molecule has 0 fully saturated rings. The van der Waals surface area contributed by atoms with Gasteiger partial charge in [-0.2, -0.15) is 0 Å². The van der Waals surface area contributed by atoms with E-state index in [2.05, 4.69) is 48.0 Å². The predicted octanol–water partition coefficient (Wildman–Crippen LogP) is 1.72. The minimum atomic E-state index is 0.269. The Bertz CT molecular complexity index is 344. The maximum absolute atomic E-state index is 4.57. The molecule has 0 atom stereocenters. The van der Waals surface area contributed by atoms with Crippen LogP contribution < -0.4 is 10.2 Å². The number of rotatable bonds is 5. The van der Waals surface area contributed by atoms with Crippen LogP contribution in [-0.4, -0.2) is 37.2 Å². The van der Waals surface area contributed by atoms with Crippen LogP contribution in [0.3, 0.4) is 0 Å². The molecule has 0 saturated carbocycles. The van der Waals surface area contributed by atoms with E-state index >= 15 is 0 Å². The van der Waals surface area contributed by atoms with Crippen LogP contribution in [0, 0.1) is 5.41 Å². The van der Waals surface area contributed by atoms with Gasteiger partial charge in [-0.15, -0.1) is 0 Å². The van der Waals surface area contributed by atoms with Crippen LogP contribution in [0.1, 0.15) is 26.6 Å². The van der Waals surface area contributed by atoms with Crippen LogP contribution in [-0.2, 0) is 6.42 Å². The zero-order valence-electron chi connectivity index (χ0n) is 11.6. The first-order valence-corrected chi connectivity index (χ1v) is 6.10. The lowest BCUT2D eigenvalue weighted by Crippen LogP contribution is -2.30. The van der Waals surface area contributed by atoms with Crippen LogP contribution >= 0.6 is 0 Å². The number of nitrogens with one attached hydrogen (secondary N) is 1. The van der Waals surface area contributed by atoms with Crippen molar-refractivity contribution in [3.05, 3.63) is 18.1 Å². The lowest BCUT2D eigenvalue weighted by molar-refractivity contribution is 0.417. The van der Waals surface area contributed by atoms with Crippen molar-refractivity contribution < 1.29 is 0 Å². The SMILES string of the molecule is CNCCc1nccc(N(C)CC(C)(C)C)n1. The third kappa shape index (κ3) is 5.13. The summed E-state index contributed by atoms with van der Waals surface area (Å²) in [5, 5.41) is 3.11. The molecule has 1 aromatic rings. The minimum absolute atomic E-state index is 0.269. The van der Waals surface area contributed by atoms with E-state index in [1.165, 1.54) is 0 Å². The quantitative estimate of drug-likeness (QED) is 0.845. The lowest BCUT2D eigenvalue weighted by atomic mass is 9.96. The molecule has 0 spiro atoms. The number of hydrogen-bond donors (Lipinski definition) is 1. The van der Waals surface area contributed by atoms with E-state index in [0.717, 1.165) is 31.2 Å². The molecule has 1 heterocycles. The van der Waals surface area contributed by atoms with Crippen molar-refractivity contribution in [3.8, 4) is 0 Å². The first-order chi connectivity index (χ1) is 7.92. The van der Waals surface area contributed by atoms with Crippen molar-refractivity contribution in [3.63, 3.8) is 0 Å². The Kier molecular flexibility index (Phi) is 4.87. The third-order valence-electron chi connectivity index (χ3n) is 2.39. The molecule has 1 aromatic heterocycles. The molecule has 17 heavy (non-hydrogen) atoms. The van der Waals surface area contributed by atoms with Crippen molar-refractivity contribution >= 4 is 5.82 Å². The highest BCUT2D eigenvalue weighted by molar-refractivity contribution is 5.36. The largest absolute Gasteiger partial charge is 0.359 e. The molecule has 1 N–H and O–H groups in total. The predicted molar refractivity (Wildman–Crippen MR) is 72.4 cm³/mol. The van der Waals surface area contributed by atoms with E-state index in [9.17, 15) is 0 Å². The van der Waals surface area contributed by atoms with Gasteiger partial charge in [-0.25, -0.2) is 9.97 Å². The zero-order chi connectivity index (χ0) is 12.9. The molecular weight excluding hydrogens is 212 g/mol. The number of anilines is 1. The molecule has 1 rings (SSSR count). The molecule has 4 heteroatoms. The van der Waals surface area contributed by atoms with Crippen molar-refractivity contribution in [1.29, 1.82) is 0 Å². The van der Waals surface area contributed by atoms with E-state index in [-0.39, 0.29) is 5.41 Å². The molecule has 0 radical (unpaired) electrons. The van der Waals surface area contributed by atoms with Crippen LogP contribution in [0.25, 0.3) is 0 Å². The van der Waals surface area contributed by atoms with Crippen LogP contribution in [0.5, 0.6) is 0 Å². The Morgan fingerprint density at radius 2 is 2.06 bits per heavy atom. The summed E-state index contributed by atoms with van der Waals surface area (Å²) in [6, 6.07) is 1.97. The monoisotopic (exact) mass is 236 g/mol. The molecule has 96 valence electrons. The topological polar surface area (TPSA) is 41.1 Å². The van der Waals surface area contributed by atoms with Gasteiger partial charge in [-0.3, -0.25) is 0 Å². The zero-order valence-corrected chi connectivity index (χ0v) is 11.6. The molecule has 4 nitrogen and oxygen atoms in total. The fraction of sp³-hybridized carbons (Fsp3) is 0.692. The van der Waals surface area contributed by atoms with Gasteiger partial charge >= 0.3 is 0 Å². The van der Waals surface area contributed by atoms with Gasteiger partial charge in [0.2, 0.25) is 0 Å². The second-order valence-electron chi connectivity index (χ2n) is 5.60. The molecule has 0 aliphatic rings. The first-order valence-electron chi connectivity index (χ1n) is 6.10. The Morgan fingerprint density at radius 1 is 1.35 bits per heavy atom. The Labute approximate surface area is 104 Å².